The van der Waals surface area contributed by atoms with Gasteiger partial charge in [0.25, 0.3) is 0 Å². The second-order valence-electron chi connectivity index (χ2n) is 18.2. The van der Waals surface area contributed by atoms with E-state index >= 15 is 0 Å². The first kappa shape index (κ1) is 72.6. The van der Waals surface area contributed by atoms with Gasteiger partial charge in [0.2, 0.25) is 0 Å². The van der Waals surface area contributed by atoms with Crippen molar-refractivity contribution in [2.45, 2.75) is 149 Å². The fourth-order valence-corrected chi connectivity index (χ4v) is 6.30. The first-order valence-electron chi connectivity index (χ1n) is 27.3. The maximum absolute atomic E-state index is 13.2. The summed E-state index contributed by atoms with van der Waals surface area (Å²) in [6.45, 7) is 15.7. The van der Waals surface area contributed by atoms with Crippen LogP contribution in [0.2, 0.25) is 0 Å². The lowest BCUT2D eigenvalue weighted by Crippen LogP contribution is -2.53. The van der Waals surface area contributed by atoms with E-state index in [0.717, 1.165) is 17.7 Å². The number of nitrogens with one attached hydrogen (secondary N) is 5. The van der Waals surface area contributed by atoms with Gasteiger partial charge in [-0.3, -0.25) is 14.4 Å². The van der Waals surface area contributed by atoms with Gasteiger partial charge in [0.15, 0.2) is 0 Å². The van der Waals surface area contributed by atoms with Gasteiger partial charge in [-0.15, -0.1) is 0 Å². The highest BCUT2D eigenvalue weighted by atomic mass is 16.6. The van der Waals surface area contributed by atoms with E-state index in [1.165, 1.54) is 20.8 Å². The molecule has 0 aromatic heterocycles. The molecule has 0 aromatic rings. The average Bonchev–Trinajstić information content (AvgIpc) is 3.41. The van der Waals surface area contributed by atoms with Crippen LogP contribution in [0.1, 0.15) is 149 Å². The number of rotatable bonds is 46. The monoisotopic (exact) mass is 1140 g/mol. The predicted molar refractivity (Wildman–Crippen MR) is 289 cm³/mol. The molecular formula is C54H88N6O20. The molecule has 0 radical (unpaired) electrons. The van der Waals surface area contributed by atoms with Crippen molar-refractivity contribution in [1.29, 1.82) is 0 Å². The second kappa shape index (κ2) is 48.7. The molecule has 0 fully saturated rings. The van der Waals surface area contributed by atoms with Crippen LogP contribution in [0.4, 0.5) is 24.0 Å². The highest BCUT2D eigenvalue weighted by Gasteiger charge is 2.22. The van der Waals surface area contributed by atoms with Gasteiger partial charge in [0.05, 0.1) is 19.8 Å². The number of amides is 7. The molecule has 0 atom stereocenters. The SMILES string of the molecule is C=C(C)C(=O)OCCOC(=O)CCCCCOC(=O)NCCCCCCNC(=O)N(CNC(=O)OCCCCCC(=O)OCCOC(=O)C(=C)C)C(=O)NCCCCCCNC(=O)OCCCCCC(=O)OCCOC(=O)C(=C)C. The number of carbonyl (C=O) groups excluding carboxylic acids is 11. The third-order valence-electron chi connectivity index (χ3n) is 10.7. The summed E-state index contributed by atoms with van der Waals surface area (Å²) in [6.07, 6.45) is 8.69. The van der Waals surface area contributed by atoms with Gasteiger partial charge >= 0.3 is 66.2 Å². The van der Waals surface area contributed by atoms with Crippen molar-refractivity contribution in [3.63, 3.8) is 0 Å². The van der Waals surface area contributed by atoms with E-state index in [2.05, 4.69) is 46.3 Å². The van der Waals surface area contributed by atoms with E-state index in [0.29, 0.717) is 109 Å². The van der Waals surface area contributed by atoms with Gasteiger partial charge in [-0.25, -0.2) is 43.3 Å². The van der Waals surface area contributed by atoms with Crippen molar-refractivity contribution in [1.82, 2.24) is 31.5 Å². The zero-order valence-electron chi connectivity index (χ0n) is 47.3. The smallest absolute Gasteiger partial charge is 0.408 e. The summed E-state index contributed by atoms with van der Waals surface area (Å²) in [7, 11) is 0. The minimum atomic E-state index is -0.864. The van der Waals surface area contributed by atoms with Crippen LogP contribution < -0.4 is 26.6 Å². The van der Waals surface area contributed by atoms with E-state index in [9.17, 15) is 52.7 Å². The molecule has 0 aliphatic rings. The van der Waals surface area contributed by atoms with Crippen molar-refractivity contribution < 1.29 is 95.4 Å². The predicted octanol–water partition coefficient (Wildman–Crippen LogP) is 6.63. The summed E-state index contributed by atoms with van der Waals surface area (Å²) >= 11 is 0. The van der Waals surface area contributed by atoms with Gasteiger partial charge in [-0.2, -0.15) is 0 Å². The van der Waals surface area contributed by atoms with Crippen molar-refractivity contribution in [3.05, 3.63) is 36.5 Å². The lowest BCUT2D eigenvalue weighted by Gasteiger charge is -2.22. The number of unbranched alkanes of at least 4 members (excludes halogenated alkanes) is 12. The standard InChI is InChI=1S/C54H88N6O20/c1-41(2)47(64)75-37-34-72-44(61)24-14-11-21-31-78-52(69)57-29-19-9-7-17-27-55-50(67)60(40-59-54(71)80-33-23-13-16-26-46(63)74-36-39-77-49(66)43(5)6)51(68)56-28-18-8-10-20-30-58-53(70)79-32-22-12-15-25-45(62)73-35-38-76-48(65)42(3)4/h1,3,5,7-40H2,2,4,6H3,(H,55,67)(H,56,68)(H,57,69)(H,58,70)(H,59,71). The van der Waals surface area contributed by atoms with Crippen molar-refractivity contribution >= 4 is 66.2 Å². The molecule has 0 aliphatic carbocycles. The molecule has 26 nitrogen and oxygen atoms in total. The highest BCUT2D eigenvalue weighted by Crippen LogP contribution is 2.07. The number of hydrogen-bond acceptors (Lipinski definition) is 20. The molecular weight excluding hydrogens is 1050 g/mol. The van der Waals surface area contributed by atoms with Crippen LogP contribution >= 0.6 is 0 Å². The number of nitrogens with zero attached hydrogens (tertiary/aromatic N) is 1. The molecule has 26 heteroatoms. The quantitative estimate of drug-likeness (QED) is 0.0140. The van der Waals surface area contributed by atoms with Crippen LogP contribution in [0.25, 0.3) is 0 Å². The minimum Gasteiger partial charge on any atom is -0.462 e. The fourth-order valence-electron chi connectivity index (χ4n) is 6.30. The zero-order valence-corrected chi connectivity index (χ0v) is 47.3. The van der Waals surface area contributed by atoms with Crippen molar-refractivity contribution in [3.8, 4) is 0 Å². The third kappa shape index (κ3) is 44.6. The molecule has 0 aliphatic heterocycles. The lowest BCUT2D eigenvalue weighted by molar-refractivity contribution is -0.150. The van der Waals surface area contributed by atoms with Gasteiger partial charge < -0.3 is 69.2 Å². The minimum absolute atomic E-state index is 0.00856. The molecule has 5 N–H and O–H groups in total. The van der Waals surface area contributed by atoms with Crippen LogP contribution in [0.3, 0.4) is 0 Å². The van der Waals surface area contributed by atoms with Gasteiger partial charge in [0.1, 0.15) is 46.3 Å². The van der Waals surface area contributed by atoms with Crippen molar-refractivity contribution in [2.75, 3.05) is 92.3 Å². The Kier molecular flexibility index (Phi) is 44.2. The molecule has 0 bridgehead atoms. The molecule has 0 unspecified atom stereocenters. The Labute approximate surface area is 469 Å². The van der Waals surface area contributed by atoms with Crippen molar-refractivity contribution in [2.24, 2.45) is 0 Å². The van der Waals surface area contributed by atoms with E-state index in [-0.39, 0.29) is 109 Å². The summed E-state index contributed by atoms with van der Waals surface area (Å²) in [4.78, 5) is 133. The number of carbonyl (C=O) groups is 11. The average molecular weight is 1140 g/mol. The zero-order chi connectivity index (χ0) is 59.6. The number of alkyl carbamates (subject to hydrolysis) is 3. The van der Waals surface area contributed by atoms with Gasteiger partial charge in [-0.1, -0.05) is 45.4 Å². The summed E-state index contributed by atoms with van der Waals surface area (Å²) in [5.74, 6) is -2.97. The molecule has 0 aromatic carbocycles. The first-order chi connectivity index (χ1) is 38.3. The lowest BCUT2D eigenvalue weighted by atomic mass is 10.2. The molecule has 0 heterocycles. The summed E-state index contributed by atoms with van der Waals surface area (Å²) in [6, 6.07) is -1.50. The van der Waals surface area contributed by atoms with Gasteiger partial charge in [-0.05, 0) is 104 Å². The summed E-state index contributed by atoms with van der Waals surface area (Å²) < 4.78 is 45.2. The Hall–Kier alpha value is -7.41. The number of esters is 6. The Morgan fingerprint density at radius 3 is 0.863 bits per heavy atom. The fraction of sp³-hybridized carbons (Fsp3) is 0.685. The number of hydrogen-bond donors (Lipinski definition) is 5. The maximum Gasteiger partial charge on any atom is 0.408 e. The topological polar surface area (TPSA) is 334 Å². The Morgan fingerprint density at radius 1 is 0.300 bits per heavy atom. The molecule has 0 saturated carbocycles. The number of ether oxygens (including phenoxy) is 9. The molecule has 0 saturated heterocycles. The number of imide groups is 1. The van der Waals surface area contributed by atoms with Gasteiger partial charge in [0, 0.05) is 62.2 Å². The summed E-state index contributed by atoms with van der Waals surface area (Å²) in [5, 5.41) is 13.2. The maximum atomic E-state index is 13.2. The van der Waals surface area contributed by atoms with E-state index in [1.807, 2.05) is 0 Å². The molecule has 454 valence electrons. The first-order valence-corrected chi connectivity index (χ1v) is 27.3. The largest absolute Gasteiger partial charge is 0.462 e. The highest BCUT2D eigenvalue weighted by molar-refractivity contribution is 5.94. The Balaban J connectivity index is 4.57. The Morgan fingerprint density at radius 2 is 0.562 bits per heavy atom. The molecule has 0 rings (SSSR count). The molecule has 80 heavy (non-hydrogen) atoms. The molecule has 7 amide bonds. The van der Waals surface area contributed by atoms with Crippen LogP contribution in [0.5, 0.6) is 0 Å². The Bertz CT molecular complexity index is 1850. The second-order valence-corrected chi connectivity index (χ2v) is 18.2. The molecule has 0 spiro atoms. The van der Waals surface area contributed by atoms with Crippen LogP contribution in [0, 0.1) is 0 Å². The van der Waals surface area contributed by atoms with Crippen LogP contribution in [-0.2, 0) is 71.4 Å². The van der Waals surface area contributed by atoms with Crippen LogP contribution in [0.15, 0.2) is 36.5 Å². The van der Waals surface area contributed by atoms with E-state index < -0.39 is 72.8 Å². The third-order valence-corrected chi connectivity index (χ3v) is 10.7. The number of urea groups is 2. The summed E-state index contributed by atoms with van der Waals surface area (Å²) in [5.41, 5.74) is 0.748. The normalized spacial score (nSPS) is 10.3. The van der Waals surface area contributed by atoms with E-state index in [1.54, 1.807) is 0 Å². The van der Waals surface area contributed by atoms with E-state index in [4.69, 9.17) is 42.6 Å². The van der Waals surface area contributed by atoms with Crippen LogP contribution in [-0.4, -0.2) is 163 Å².